The number of carbonyl (C=O) groups is 1. The van der Waals surface area contributed by atoms with Gasteiger partial charge in [-0.05, 0) is 6.07 Å². The molecule has 1 aromatic carbocycles. The quantitative estimate of drug-likeness (QED) is 0.773. The van der Waals surface area contributed by atoms with Crippen LogP contribution in [0.4, 0.5) is 4.79 Å². The van der Waals surface area contributed by atoms with Crippen molar-refractivity contribution in [3.05, 3.63) is 29.8 Å². The highest BCUT2D eigenvalue weighted by Crippen LogP contribution is 2.26. The van der Waals surface area contributed by atoms with E-state index in [1.165, 1.54) is 0 Å². The first-order chi connectivity index (χ1) is 6.81. The predicted molar refractivity (Wildman–Crippen MR) is 50.2 cm³/mol. The maximum Gasteiger partial charge on any atom is 0.407 e. The molecule has 1 amide bonds. The van der Waals surface area contributed by atoms with E-state index in [4.69, 9.17) is 9.47 Å². The number of carbonyl (C=O) groups excluding carboxylic acids is 1. The number of alkyl carbamates (subject to hydrolysis) is 1. The lowest BCUT2D eigenvalue weighted by molar-refractivity contribution is 0.177. The molecule has 14 heavy (non-hydrogen) atoms. The molecule has 0 bridgehead atoms. The van der Waals surface area contributed by atoms with Gasteiger partial charge in [0.1, 0.15) is 12.4 Å². The lowest BCUT2D eigenvalue weighted by Crippen LogP contribution is -2.18. The lowest BCUT2D eigenvalue weighted by Gasteiger charge is -2.11. The van der Waals surface area contributed by atoms with Crippen LogP contribution < -0.4 is 10.1 Å². The molecule has 0 unspecified atom stereocenters. The van der Waals surface area contributed by atoms with E-state index in [9.17, 15) is 4.79 Å². The van der Waals surface area contributed by atoms with E-state index >= 15 is 0 Å². The Morgan fingerprint density at radius 1 is 1.50 bits per heavy atom. The number of cyclic esters (lactones) is 1. The zero-order valence-corrected chi connectivity index (χ0v) is 7.82. The summed E-state index contributed by atoms with van der Waals surface area (Å²) in [5.41, 5.74) is 0.945. The van der Waals surface area contributed by atoms with Gasteiger partial charge in [0, 0.05) is 5.56 Å². The third kappa shape index (κ3) is 1.51. The number of rotatable bonds is 2. The molecule has 1 atom stereocenters. The molecule has 4 heteroatoms. The van der Waals surface area contributed by atoms with Crippen molar-refractivity contribution >= 4 is 6.09 Å². The van der Waals surface area contributed by atoms with Gasteiger partial charge in [-0.25, -0.2) is 4.79 Å². The second kappa shape index (κ2) is 3.57. The van der Waals surface area contributed by atoms with Gasteiger partial charge in [0.05, 0.1) is 13.2 Å². The normalized spacial score (nSPS) is 20.1. The van der Waals surface area contributed by atoms with Crippen molar-refractivity contribution in [3.63, 3.8) is 0 Å². The van der Waals surface area contributed by atoms with E-state index in [-0.39, 0.29) is 12.1 Å². The third-order valence-corrected chi connectivity index (χ3v) is 2.19. The average Bonchev–Trinajstić information content (AvgIpc) is 2.65. The zero-order chi connectivity index (χ0) is 9.97. The molecule has 1 aliphatic heterocycles. The van der Waals surface area contributed by atoms with Crippen LogP contribution in [0.15, 0.2) is 24.3 Å². The van der Waals surface area contributed by atoms with Crippen molar-refractivity contribution in [2.75, 3.05) is 13.7 Å². The smallest absolute Gasteiger partial charge is 0.407 e. The molecule has 0 aromatic heterocycles. The van der Waals surface area contributed by atoms with Crippen LogP contribution in [-0.2, 0) is 4.74 Å². The Hall–Kier alpha value is -1.71. The molecule has 0 aliphatic carbocycles. The van der Waals surface area contributed by atoms with Gasteiger partial charge in [0.15, 0.2) is 0 Å². The van der Waals surface area contributed by atoms with Gasteiger partial charge in [-0.1, -0.05) is 18.2 Å². The highest BCUT2D eigenvalue weighted by Gasteiger charge is 2.25. The molecule has 0 saturated carbocycles. The summed E-state index contributed by atoms with van der Waals surface area (Å²) < 4.78 is 10.00. The minimum atomic E-state index is -0.374. The van der Waals surface area contributed by atoms with Crippen LogP contribution in [0.3, 0.4) is 0 Å². The van der Waals surface area contributed by atoms with Crippen LogP contribution in [0.5, 0.6) is 5.75 Å². The number of amides is 1. The van der Waals surface area contributed by atoms with Gasteiger partial charge < -0.3 is 14.8 Å². The molecular formula is C10H11NO3. The van der Waals surface area contributed by atoms with E-state index in [0.29, 0.717) is 6.61 Å². The summed E-state index contributed by atoms with van der Waals surface area (Å²) in [7, 11) is 1.61. The largest absolute Gasteiger partial charge is 0.496 e. The molecule has 2 rings (SSSR count). The standard InChI is InChI=1S/C10H11NO3/c1-13-9-5-3-2-4-7(9)8-6-14-10(12)11-8/h2-5,8H,6H2,1H3,(H,11,12)/t8-/m0/s1. The van der Waals surface area contributed by atoms with Crippen molar-refractivity contribution in [1.82, 2.24) is 5.32 Å². The van der Waals surface area contributed by atoms with Crippen molar-refractivity contribution in [3.8, 4) is 5.75 Å². The highest BCUT2D eigenvalue weighted by molar-refractivity contribution is 5.70. The second-order valence-corrected chi connectivity index (χ2v) is 3.04. The maximum absolute atomic E-state index is 10.9. The predicted octanol–water partition coefficient (Wildman–Crippen LogP) is 1.48. The molecule has 0 radical (unpaired) electrons. The molecule has 1 heterocycles. The molecule has 0 spiro atoms. The van der Waals surface area contributed by atoms with Gasteiger partial charge in [-0.2, -0.15) is 0 Å². The number of benzene rings is 1. The van der Waals surface area contributed by atoms with Gasteiger partial charge >= 0.3 is 6.09 Å². The summed E-state index contributed by atoms with van der Waals surface area (Å²) in [6.45, 7) is 0.360. The van der Waals surface area contributed by atoms with Crippen LogP contribution in [0.2, 0.25) is 0 Å². The average molecular weight is 193 g/mol. The van der Waals surface area contributed by atoms with Crippen LogP contribution in [0.1, 0.15) is 11.6 Å². The number of methoxy groups -OCH3 is 1. The first-order valence-corrected chi connectivity index (χ1v) is 4.37. The molecule has 1 aromatic rings. The van der Waals surface area contributed by atoms with Gasteiger partial charge in [-0.15, -0.1) is 0 Å². The molecule has 4 nitrogen and oxygen atoms in total. The fraction of sp³-hybridized carbons (Fsp3) is 0.300. The minimum absolute atomic E-state index is 0.0985. The van der Waals surface area contributed by atoms with Crippen molar-refractivity contribution in [1.29, 1.82) is 0 Å². The Balaban J connectivity index is 2.27. The Morgan fingerprint density at radius 2 is 2.29 bits per heavy atom. The van der Waals surface area contributed by atoms with Crippen molar-refractivity contribution in [2.24, 2.45) is 0 Å². The lowest BCUT2D eigenvalue weighted by atomic mass is 10.1. The van der Waals surface area contributed by atoms with Gasteiger partial charge in [0.25, 0.3) is 0 Å². The zero-order valence-electron chi connectivity index (χ0n) is 7.82. The monoisotopic (exact) mass is 193 g/mol. The fourth-order valence-corrected chi connectivity index (χ4v) is 1.51. The second-order valence-electron chi connectivity index (χ2n) is 3.04. The van der Waals surface area contributed by atoms with E-state index < -0.39 is 0 Å². The number of hydrogen-bond donors (Lipinski definition) is 1. The number of hydrogen-bond acceptors (Lipinski definition) is 3. The Bertz CT molecular complexity index is 351. The number of nitrogens with one attached hydrogen (secondary N) is 1. The van der Waals surface area contributed by atoms with Crippen LogP contribution in [0.25, 0.3) is 0 Å². The molecule has 1 aliphatic rings. The summed E-state index contributed by atoms with van der Waals surface area (Å²) in [4.78, 5) is 10.9. The first-order valence-electron chi connectivity index (χ1n) is 4.37. The Morgan fingerprint density at radius 3 is 2.93 bits per heavy atom. The van der Waals surface area contributed by atoms with Crippen LogP contribution >= 0.6 is 0 Å². The van der Waals surface area contributed by atoms with Gasteiger partial charge in [-0.3, -0.25) is 0 Å². The number of ether oxygens (including phenoxy) is 2. The molecule has 74 valence electrons. The molecular weight excluding hydrogens is 182 g/mol. The van der Waals surface area contributed by atoms with Crippen molar-refractivity contribution < 1.29 is 14.3 Å². The molecule has 1 N–H and O–H groups in total. The van der Waals surface area contributed by atoms with E-state index in [1.807, 2.05) is 24.3 Å². The Labute approximate surface area is 81.8 Å². The van der Waals surface area contributed by atoms with E-state index in [1.54, 1.807) is 7.11 Å². The SMILES string of the molecule is COc1ccccc1[C@@H]1COC(=O)N1. The van der Waals surface area contributed by atoms with Crippen LogP contribution in [-0.4, -0.2) is 19.8 Å². The topological polar surface area (TPSA) is 47.6 Å². The van der Waals surface area contributed by atoms with Crippen LogP contribution in [0, 0.1) is 0 Å². The third-order valence-electron chi connectivity index (χ3n) is 2.19. The maximum atomic E-state index is 10.9. The van der Waals surface area contributed by atoms with E-state index in [2.05, 4.69) is 5.32 Å². The molecule has 1 saturated heterocycles. The minimum Gasteiger partial charge on any atom is -0.496 e. The van der Waals surface area contributed by atoms with Gasteiger partial charge in [0.2, 0.25) is 0 Å². The summed E-state index contributed by atoms with van der Waals surface area (Å²) in [6, 6.07) is 7.47. The number of para-hydroxylation sites is 1. The fourth-order valence-electron chi connectivity index (χ4n) is 1.51. The first kappa shape index (κ1) is 8.87. The summed E-state index contributed by atoms with van der Waals surface area (Å²) in [5, 5.41) is 2.70. The summed E-state index contributed by atoms with van der Waals surface area (Å²) >= 11 is 0. The Kier molecular flexibility index (Phi) is 2.26. The van der Waals surface area contributed by atoms with E-state index in [0.717, 1.165) is 11.3 Å². The highest BCUT2D eigenvalue weighted by atomic mass is 16.6. The summed E-state index contributed by atoms with van der Waals surface area (Å²) in [6.07, 6.45) is -0.374. The van der Waals surface area contributed by atoms with Crippen molar-refractivity contribution in [2.45, 2.75) is 6.04 Å². The molecule has 1 fully saturated rings. The summed E-state index contributed by atoms with van der Waals surface area (Å²) in [5.74, 6) is 0.767.